The van der Waals surface area contributed by atoms with Gasteiger partial charge >= 0.3 is 18.5 Å². The number of carbonyl (C=O) groups is 1. The number of carboxylic acids is 1. The van der Waals surface area contributed by atoms with Gasteiger partial charge in [0.15, 0.2) is 0 Å². The molecule has 0 amide bonds. The van der Waals surface area contributed by atoms with Crippen LogP contribution in [0.1, 0.15) is 18.1 Å². The molecule has 0 fully saturated rings. The lowest BCUT2D eigenvalue weighted by Crippen LogP contribution is -2.40. The van der Waals surface area contributed by atoms with Gasteiger partial charge < -0.3 is 19.3 Å². The van der Waals surface area contributed by atoms with Crippen LogP contribution < -0.4 is 9.47 Å². The summed E-state index contributed by atoms with van der Waals surface area (Å²) in [5.41, 5.74) is -1.95. The Hall–Kier alpha value is -3.03. The predicted molar refractivity (Wildman–Crippen MR) is 77.7 cm³/mol. The molecule has 11 heteroatoms. The topological polar surface area (TPSA) is 65.0 Å². The molecule has 1 aromatic rings. The van der Waals surface area contributed by atoms with Crippen molar-refractivity contribution >= 4 is 12.0 Å². The van der Waals surface area contributed by atoms with Gasteiger partial charge in [0.1, 0.15) is 17.6 Å². The molecule has 0 bridgehead atoms. The van der Waals surface area contributed by atoms with Crippen LogP contribution in [0.2, 0.25) is 0 Å². The van der Waals surface area contributed by atoms with E-state index in [-0.39, 0.29) is 12.2 Å². The zero-order valence-electron chi connectivity index (χ0n) is 13.4. The van der Waals surface area contributed by atoms with Gasteiger partial charge in [0, 0.05) is 11.6 Å². The maximum Gasteiger partial charge on any atom is 0.573 e. The fraction of sp³-hybridized carbons (Fsp3) is 0.312. The Balaban J connectivity index is 2.64. The Bertz CT molecular complexity index is 829. The van der Waals surface area contributed by atoms with E-state index in [0.29, 0.717) is 18.2 Å². The van der Waals surface area contributed by atoms with E-state index in [1.165, 1.54) is 0 Å². The number of carboxylic acid groups (broad SMARTS) is 1. The number of ether oxygens (including phenoxy) is 3. The van der Waals surface area contributed by atoms with E-state index in [1.807, 2.05) is 0 Å². The normalized spacial score (nSPS) is 16.3. The van der Waals surface area contributed by atoms with E-state index < -0.39 is 47.2 Å². The predicted octanol–water partition coefficient (Wildman–Crippen LogP) is 3.72. The molecule has 0 saturated carbocycles. The number of halogens is 6. The van der Waals surface area contributed by atoms with Crippen molar-refractivity contribution in [1.82, 2.24) is 0 Å². The minimum atomic E-state index is -5.08. The summed E-state index contributed by atoms with van der Waals surface area (Å²) < 4.78 is 90.0. The van der Waals surface area contributed by atoms with E-state index >= 15 is 0 Å². The second-order valence-electron chi connectivity index (χ2n) is 5.04. The van der Waals surface area contributed by atoms with Crippen molar-refractivity contribution in [3.8, 4) is 23.5 Å². The summed E-state index contributed by atoms with van der Waals surface area (Å²) in [6.07, 6.45) is -10.3. The smallest absolute Gasteiger partial charge is 0.478 e. The van der Waals surface area contributed by atoms with Gasteiger partial charge in [0.2, 0.25) is 6.10 Å². The van der Waals surface area contributed by atoms with Gasteiger partial charge in [-0.1, -0.05) is 0 Å². The lowest BCUT2D eigenvalue weighted by Gasteiger charge is -2.28. The van der Waals surface area contributed by atoms with Crippen LogP contribution in [0.4, 0.5) is 26.3 Å². The van der Waals surface area contributed by atoms with Gasteiger partial charge in [-0.2, -0.15) is 13.2 Å². The summed E-state index contributed by atoms with van der Waals surface area (Å²) in [5, 5.41) is 8.99. The first-order valence-electron chi connectivity index (χ1n) is 7.17. The number of hydrogen-bond acceptors (Lipinski definition) is 4. The first-order valence-corrected chi connectivity index (χ1v) is 7.17. The molecule has 1 N–H and O–H groups in total. The van der Waals surface area contributed by atoms with Gasteiger partial charge in [-0.15, -0.1) is 13.2 Å². The van der Waals surface area contributed by atoms with Crippen molar-refractivity contribution in [2.45, 2.75) is 25.6 Å². The van der Waals surface area contributed by atoms with Gasteiger partial charge in [0.25, 0.3) is 0 Å². The maximum absolute atomic E-state index is 13.1. The zero-order chi connectivity index (χ0) is 20.4. The Morgan fingerprint density at radius 2 is 1.93 bits per heavy atom. The van der Waals surface area contributed by atoms with Crippen molar-refractivity contribution < 1.29 is 50.5 Å². The number of fused-ring (bicyclic) bond motifs is 1. The molecule has 0 spiro atoms. The summed E-state index contributed by atoms with van der Waals surface area (Å²) >= 11 is 0. The molecule has 1 aliphatic rings. The number of hydrogen-bond donors (Lipinski definition) is 1. The molecule has 1 aliphatic heterocycles. The molecule has 0 saturated heterocycles. The lowest BCUT2D eigenvalue weighted by atomic mass is 9.98. The van der Waals surface area contributed by atoms with Gasteiger partial charge in [0.05, 0.1) is 17.7 Å². The van der Waals surface area contributed by atoms with E-state index in [0.717, 1.165) is 0 Å². The average Bonchev–Trinajstić information content (AvgIpc) is 2.51. The van der Waals surface area contributed by atoms with Crippen LogP contribution in [0.5, 0.6) is 11.5 Å². The minimum Gasteiger partial charge on any atom is -0.478 e. The third-order valence-electron chi connectivity index (χ3n) is 3.10. The van der Waals surface area contributed by atoms with Crippen molar-refractivity contribution in [3.63, 3.8) is 0 Å². The van der Waals surface area contributed by atoms with Crippen molar-refractivity contribution in [2.24, 2.45) is 0 Å². The second kappa shape index (κ2) is 7.30. The minimum absolute atomic E-state index is 0.114. The fourth-order valence-electron chi connectivity index (χ4n) is 2.15. The number of rotatable bonds is 3. The van der Waals surface area contributed by atoms with Gasteiger partial charge in [-0.05, 0) is 25.0 Å². The van der Waals surface area contributed by atoms with Crippen molar-refractivity contribution in [2.75, 3.05) is 6.61 Å². The SMILES string of the molecule is CCOC#Cc1cc(OC(F)(F)F)cc2c1OC(C(F)(F)F)C(C(=O)O)=C2. The van der Waals surface area contributed by atoms with Crippen LogP contribution in [0.3, 0.4) is 0 Å². The van der Waals surface area contributed by atoms with Crippen LogP contribution in [-0.4, -0.2) is 36.3 Å². The molecule has 146 valence electrons. The molecule has 5 nitrogen and oxygen atoms in total. The number of benzene rings is 1. The Kier molecular flexibility index (Phi) is 5.48. The first kappa shape index (κ1) is 20.3. The summed E-state index contributed by atoms with van der Waals surface area (Å²) in [4.78, 5) is 11.1. The molecule has 1 aromatic carbocycles. The monoisotopic (exact) mass is 396 g/mol. The first-order chi connectivity index (χ1) is 12.4. The summed E-state index contributed by atoms with van der Waals surface area (Å²) in [6.45, 7) is 1.68. The van der Waals surface area contributed by atoms with Gasteiger partial charge in [-0.25, -0.2) is 4.79 Å². The molecule has 27 heavy (non-hydrogen) atoms. The van der Waals surface area contributed by atoms with E-state index in [4.69, 9.17) is 14.6 Å². The van der Waals surface area contributed by atoms with Gasteiger partial charge in [-0.3, -0.25) is 0 Å². The highest BCUT2D eigenvalue weighted by molar-refractivity contribution is 5.95. The second-order valence-corrected chi connectivity index (χ2v) is 5.04. The molecule has 1 unspecified atom stereocenters. The molecule has 0 radical (unpaired) electrons. The standard InChI is InChI=1S/C16H10F6O5/c1-2-25-4-3-8-5-10(27-16(20,21)22)6-9-7-11(14(23)24)13(15(17,18)19)26-12(8)9/h5-7,13H,2H2,1H3,(H,23,24). The van der Waals surface area contributed by atoms with Crippen molar-refractivity contribution in [1.29, 1.82) is 0 Å². The van der Waals surface area contributed by atoms with E-state index in [2.05, 4.69) is 16.8 Å². The van der Waals surface area contributed by atoms with Crippen LogP contribution in [-0.2, 0) is 9.53 Å². The third-order valence-corrected chi connectivity index (χ3v) is 3.10. The quantitative estimate of drug-likeness (QED) is 0.623. The van der Waals surface area contributed by atoms with E-state index in [1.54, 1.807) is 6.92 Å². The Morgan fingerprint density at radius 3 is 2.44 bits per heavy atom. The van der Waals surface area contributed by atoms with Crippen LogP contribution >= 0.6 is 0 Å². The maximum atomic E-state index is 13.1. The van der Waals surface area contributed by atoms with Crippen molar-refractivity contribution in [3.05, 3.63) is 28.8 Å². The summed E-state index contributed by atoms with van der Waals surface area (Å²) in [7, 11) is 0. The lowest BCUT2D eigenvalue weighted by molar-refractivity contribution is -0.274. The fourth-order valence-corrected chi connectivity index (χ4v) is 2.15. The molecular weight excluding hydrogens is 386 g/mol. The van der Waals surface area contributed by atoms with Crippen LogP contribution in [0.15, 0.2) is 17.7 Å². The highest BCUT2D eigenvalue weighted by Crippen LogP contribution is 2.41. The third kappa shape index (κ3) is 4.99. The molecule has 2 rings (SSSR count). The Morgan fingerprint density at radius 1 is 1.26 bits per heavy atom. The summed E-state index contributed by atoms with van der Waals surface area (Å²) in [6, 6.07) is 1.41. The van der Waals surface area contributed by atoms with E-state index in [9.17, 15) is 31.1 Å². The number of aliphatic carboxylic acids is 1. The molecular formula is C16H10F6O5. The largest absolute Gasteiger partial charge is 0.573 e. The molecule has 1 atom stereocenters. The summed E-state index contributed by atoms with van der Waals surface area (Å²) in [5.74, 6) is -1.06. The highest BCUT2D eigenvalue weighted by Gasteiger charge is 2.49. The highest BCUT2D eigenvalue weighted by atomic mass is 19.4. The average molecular weight is 396 g/mol. The molecule has 0 aliphatic carbocycles. The number of alkyl halides is 6. The zero-order valence-corrected chi connectivity index (χ0v) is 13.4. The van der Waals surface area contributed by atoms with Crippen LogP contribution in [0, 0.1) is 12.0 Å². The molecule has 1 heterocycles. The Labute approximate surface area is 148 Å². The van der Waals surface area contributed by atoms with Crippen LogP contribution in [0.25, 0.3) is 6.08 Å². The molecule has 0 aromatic heterocycles.